The molecule has 0 N–H and O–H groups in total. The molecule has 0 bridgehead atoms. The van der Waals surface area contributed by atoms with Crippen LogP contribution in [-0.4, -0.2) is 22.8 Å². The summed E-state index contributed by atoms with van der Waals surface area (Å²) in [7, 11) is 3.33. The Bertz CT molecular complexity index is 355. The van der Waals surface area contributed by atoms with Crippen molar-refractivity contribution in [1.29, 1.82) is 0 Å². The van der Waals surface area contributed by atoms with Crippen LogP contribution in [0.1, 0.15) is 16.8 Å². The van der Waals surface area contributed by atoms with Gasteiger partial charge in [-0.2, -0.15) is 0 Å². The predicted octanol–water partition coefficient (Wildman–Crippen LogP) is 3.03. The van der Waals surface area contributed by atoms with Gasteiger partial charge in [0, 0.05) is 17.4 Å². The maximum absolute atomic E-state index is 11.5. The zero-order valence-electron chi connectivity index (χ0n) is 7.93. The number of benzene rings is 1. The van der Waals surface area contributed by atoms with Crippen LogP contribution in [0.15, 0.2) is 18.2 Å². The Morgan fingerprint density at radius 2 is 2.07 bits per heavy atom. The minimum Gasteiger partial charge on any atom is -0.462 e. The summed E-state index contributed by atoms with van der Waals surface area (Å²) in [5.74, 6) is -0.246. The number of halogens is 2. The number of carbonyl (C=O) groups is 1. The van der Waals surface area contributed by atoms with Crippen LogP contribution in [0.5, 0.6) is 0 Å². The molecule has 0 fully saturated rings. The van der Waals surface area contributed by atoms with Crippen LogP contribution in [0.2, 0.25) is 6.04 Å². The van der Waals surface area contributed by atoms with Crippen LogP contribution >= 0.6 is 45.2 Å². The molecule has 2 nitrogen and oxygen atoms in total. The van der Waals surface area contributed by atoms with E-state index in [1.807, 2.05) is 12.1 Å². The van der Waals surface area contributed by atoms with E-state index in [1.165, 1.54) is 0 Å². The van der Waals surface area contributed by atoms with Gasteiger partial charge in [-0.25, -0.2) is 4.79 Å². The van der Waals surface area contributed by atoms with Gasteiger partial charge in [-0.1, -0.05) is 6.04 Å². The highest BCUT2D eigenvalue weighted by atomic mass is 127. The van der Waals surface area contributed by atoms with E-state index in [0.717, 1.165) is 19.6 Å². The van der Waals surface area contributed by atoms with E-state index in [0.29, 0.717) is 12.2 Å². The van der Waals surface area contributed by atoms with Gasteiger partial charge in [-0.3, -0.25) is 0 Å². The number of hydrogen-bond donors (Lipinski definition) is 0. The van der Waals surface area contributed by atoms with Crippen molar-refractivity contribution in [3.63, 3.8) is 0 Å². The Morgan fingerprint density at radius 3 is 2.67 bits per heavy atom. The van der Waals surface area contributed by atoms with Crippen molar-refractivity contribution in [3.8, 4) is 0 Å². The standard InChI is InChI=1S/C10H9I2O2Si/c11-8-3-2-7(6-9(8)12)10(13)14-4-1-5-15/h2-3,6H,1,4-5H2. The van der Waals surface area contributed by atoms with E-state index in [-0.39, 0.29) is 5.97 Å². The first kappa shape index (κ1) is 13.4. The molecule has 0 aliphatic rings. The molecule has 1 aromatic carbocycles. The van der Waals surface area contributed by atoms with Crippen LogP contribution < -0.4 is 0 Å². The average molecular weight is 443 g/mol. The first-order valence-corrected chi connectivity index (χ1v) is 7.28. The van der Waals surface area contributed by atoms with Crippen molar-refractivity contribution in [3.05, 3.63) is 30.9 Å². The molecule has 3 radical (unpaired) electrons. The molecular weight excluding hydrogens is 434 g/mol. The lowest BCUT2D eigenvalue weighted by molar-refractivity contribution is 0.0505. The van der Waals surface area contributed by atoms with Gasteiger partial charge in [0.05, 0.1) is 12.2 Å². The molecule has 0 aliphatic heterocycles. The summed E-state index contributed by atoms with van der Waals surface area (Å²) in [4.78, 5) is 11.5. The van der Waals surface area contributed by atoms with E-state index in [4.69, 9.17) is 4.74 Å². The zero-order valence-corrected chi connectivity index (χ0v) is 13.2. The fraction of sp³-hybridized carbons (Fsp3) is 0.300. The van der Waals surface area contributed by atoms with Crippen LogP contribution in [0.3, 0.4) is 0 Å². The van der Waals surface area contributed by atoms with Gasteiger partial charge in [0.25, 0.3) is 0 Å². The van der Waals surface area contributed by atoms with Crippen molar-refractivity contribution in [2.24, 2.45) is 0 Å². The van der Waals surface area contributed by atoms with Crippen LogP contribution in [-0.2, 0) is 4.74 Å². The maximum atomic E-state index is 11.5. The monoisotopic (exact) mass is 443 g/mol. The lowest BCUT2D eigenvalue weighted by Crippen LogP contribution is -2.06. The highest BCUT2D eigenvalue weighted by Crippen LogP contribution is 2.17. The fourth-order valence-corrected chi connectivity index (χ4v) is 1.94. The second-order valence-electron chi connectivity index (χ2n) is 2.87. The summed E-state index contributed by atoms with van der Waals surface area (Å²) in [6, 6.07) is 6.40. The highest BCUT2D eigenvalue weighted by molar-refractivity contribution is 14.1. The van der Waals surface area contributed by atoms with E-state index < -0.39 is 0 Å². The molecule has 0 saturated heterocycles. The Labute approximate surface area is 120 Å². The molecule has 15 heavy (non-hydrogen) atoms. The largest absolute Gasteiger partial charge is 0.462 e. The van der Waals surface area contributed by atoms with Gasteiger partial charge in [-0.05, 0) is 69.8 Å². The van der Waals surface area contributed by atoms with Crippen molar-refractivity contribution in [2.45, 2.75) is 12.5 Å². The van der Waals surface area contributed by atoms with E-state index in [1.54, 1.807) is 6.07 Å². The van der Waals surface area contributed by atoms with Gasteiger partial charge in [0.2, 0.25) is 0 Å². The van der Waals surface area contributed by atoms with Crippen LogP contribution in [0.4, 0.5) is 0 Å². The molecular formula is C10H9I2O2Si. The van der Waals surface area contributed by atoms with Crippen LogP contribution in [0.25, 0.3) is 0 Å². The van der Waals surface area contributed by atoms with Gasteiger partial charge in [-0.15, -0.1) is 0 Å². The first-order chi connectivity index (χ1) is 7.15. The smallest absolute Gasteiger partial charge is 0.338 e. The summed E-state index contributed by atoms with van der Waals surface area (Å²) in [5.41, 5.74) is 0.619. The van der Waals surface area contributed by atoms with E-state index in [2.05, 4.69) is 55.4 Å². The quantitative estimate of drug-likeness (QED) is 0.310. The zero-order chi connectivity index (χ0) is 11.3. The summed E-state index contributed by atoms with van der Waals surface area (Å²) in [5, 5.41) is 0. The lowest BCUT2D eigenvalue weighted by atomic mass is 10.2. The topological polar surface area (TPSA) is 26.3 Å². The second-order valence-corrected chi connectivity index (χ2v) is 5.69. The van der Waals surface area contributed by atoms with Gasteiger partial charge in [0.1, 0.15) is 0 Å². The molecule has 0 aromatic heterocycles. The molecule has 1 rings (SSSR count). The highest BCUT2D eigenvalue weighted by Gasteiger charge is 2.08. The van der Waals surface area contributed by atoms with Crippen LogP contribution in [0, 0.1) is 7.14 Å². The van der Waals surface area contributed by atoms with Crippen molar-refractivity contribution in [2.75, 3.05) is 6.61 Å². The van der Waals surface area contributed by atoms with E-state index in [9.17, 15) is 4.79 Å². The van der Waals surface area contributed by atoms with Gasteiger partial charge < -0.3 is 4.74 Å². The molecule has 0 amide bonds. The first-order valence-electron chi connectivity index (χ1n) is 4.42. The SMILES string of the molecule is O=C(OCCC[Si])c1ccc(I)c(I)c1. The molecule has 0 unspecified atom stereocenters. The third kappa shape index (κ3) is 4.39. The Kier molecular flexibility index (Phi) is 6.13. The lowest BCUT2D eigenvalue weighted by Gasteiger charge is -2.04. The predicted molar refractivity (Wildman–Crippen MR) is 77.3 cm³/mol. The summed E-state index contributed by atoms with van der Waals surface area (Å²) < 4.78 is 7.30. The second kappa shape index (κ2) is 6.84. The summed E-state index contributed by atoms with van der Waals surface area (Å²) in [6.07, 6.45) is 0.837. The van der Waals surface area contributed by atoms with Gasteiger partial charge >= 0.3 is 5.97 Å². The van der Waals surface area contributed by atoms with Crippen molar-refractivity contribution < 1.29 is 9.53 Å². The number of ether oxygens (including phenoxy) is 1. The van der Waals surface area contributed by atoms with Crippen molar-refractivity contribution >= 4 is 61.4 Å². The normalized spacial score (nSPS) is 10.1. The molecule has 0 atom stereocenters. The Balaban J connectivity index is 2.62. The summed E-state index contributed by atoms with van der Waals surface area (Å²) in [6.45, 7) is 0.463. The molecule has 5 heteroatoms. The molecule has 0 heterocycles. The number of hydrogen-bond acceptors (Lipinski definition) is 2. The number of rotatable bonds is 4. The molecule has 0 spiro atoms. The number of carbonyl (C=O) groups excluding carboxylic acids is 1. The molecule has 0 saturated carbocycles. The van der Waals surface area contributed by atoms with Crippen molar-refractivity contribution in [1.82, 2.24) is 0 Å². The Hall–Kier alpha value is 0.367. The third-order valence-corrected chi connectivity index (χ3v) is 4.93. The Morgan fingerprint density at radius 1 is 1.33 bits per heavy atom. The minimum absolute atomic E-state index is 0.246. The molecule has 0 aliphatic carbocycles. The molecule has 1 aromatic rings. The van der Waals surface area contributed by atoms with E-state index >= 15 is 0 Å². The fourth-order valence-electron chi connectivity index (χ4n) is 0.943. The third-order valence-electron chi connectivity index (χ3n) is 1.71. The minimum atomic E-state index is -0.246. The average Bonchev–Trinajstić information content (AvgIpc) is 2.22. The number of esters is 1. The maximum Gasteiger partial charge on any atom is 0.338 e. The van der Waals surface area contributed by atoms with Gasteiger partial charge in [0.15, 0.2) is 0 Å². The molecule has 79 valence electrons. The summed E-state index contributed by atoms with van der Waals surface area (Å²) >= 11 is 4.44.